The van der Waals surface area contributed by atoms with Gasteiger partial charge in [-0.15, -0.1) is 0 Å². The predicted octanol–water partition coefficient (Wildman–Crippen LogP) is 1.73. The van der Waals surface area contributed by atoms with Crippen molar-refractivity contribution >= 4 is 0 Å². The maximum absolute atomic E-state index is 5.54. The minimum absolute atomic E-state index is 0.414. The van der Waals surface area contributed by atoms with E-state index in [9.17, 15) is 0 Å². The molecular weight excluding hydrogens is 212 g/mol. The van der Waals surface area contributed by atoms with Crippen LogP contribution in [0.25, 0.3) is 0 Å². The van der Waals surface area contributed by atoms with Gasteiger partial charge in [0.05, 0.1) is 0 Å². The molecule has 0 aliphatic carbocycles. The van der Waals surface area contributed by atoms with Gasteiger partial charge in [0.25, 0.3) is 0 Å². The summed E-state index contributed by atoms with van der Waals surface area (Å²) >= 11 is 0. The number of rotatable bonds is 1. The van der Waals surface area contributed by atoms with E-state index in [1.165, 1.54) is 58.3 Å². The fourth-order valence-corrected chi connectivity index (χ4v) is 3.82. The summed E-state index contributed by atoms with van der Waals surface area (Å²) in [5.41, 5.74) is 0.414. The summed E-state index contributed by atoms with van der Waals surface area (Å²) in [7, 11) is 0. The first-order chi connectivity index (χ1) is 8.28. The summed E-state index contributed by atoms with van der Waals surface area (Å²) in [5, 5.41) is 0. The normalized spacial score (nSPS) is 35.5. The highest BCUT2D eigenvalue weighted by Gasteiger charge is 2.38. The van der Waals surface area contributed by atoms with Gasteiger partial charge in [0.1, 0.15) is 0 Å². The minimum Gasteiger partial charge on any atom is -0.381 e. The Hall–Kier alpha value is -0.120. The monoisotopic (exact) mass is 238 g/mol. The molecule has 98 valence electrons. The molecule has 0 amide bonds. The molecule has 1 atom stereocenters. The molecular formula is C14H26N2O. The van der Waals surface area contributed by atoms with Crippen molar-refractivity contribution in [3.63, 3.8) is 0 Å². The topological polar surface area (TPSA) is 15.7 Å². The molecule has 0 bridgehead atoms. The Kier molecular flexibility index (Phi) is 3.42. The Labute approximate surface area is 105 Å². The second kappa shape index (κ2) is 4.87. The maximum Gasteiger partial charge on any atom is 0.0483 e. The molecule has 3 rings (SSSR count). The van der Waals surface area contributed by atoms with Gasteiger partial charge < -0.3 is 4.74 Å². The predicted molar refractivity (Wildman–Crippen MR) is 69.2 cm³/mol. The second-order valence-electron chi connectivity index (χ2n) is 6.24. The van der Waals surface area contributed by atoms with E-state index in [1.54, 1.807) is 0 Å². The van der Waals surface area contributed by atoms with Gasteiger partial charge in [-0.1, -0.05) is 0 Å². The molecule has 3 nitrogen and oxygen atoms in total. The van der Waals surface area contributed by atoms with Crippen LogP contribution in [0.1, 0.15) is 39.0 Å². The second-order valence-corrected chi connectivity index (χ2v) is 6.24. The zero-order chi connectivity index (χ0) is 11.7. The van der Waals surface area contributed by atoms with Crippen LogP contribution in [0.3, 0.4) is 0 Å². The highest BCUT2D eigenvalue weighted by Crippen LogP contribution is 2.31. The number of hydrogen-bond acceptors (Lipinski definition) is 3. The van der Waals surface area contributed by atoms with Gasteiger partial charge in [-0.2, -0.15) is 0 Å². The quantitative estimate of drug-likeness (QED) is 0.692. The third-order valence-corrected chi connectivity index (χ3v) is 5.14. The van der Waals surface area contributed by atoms with Crippen LogP contribution >= 0.6 is 0 Å². The van der Waals surface area contributed by atoms with Crippen LogP contribution in [0.5, 0.6) is 0 Å². The average molecular weight is 238 g/mol. The highest BCUT2D eigenvalue weighted by atomic mass is 16.5. The van der Waals surface area contributed by atoms with E-state index in [1.807, 2.05) is 0 Å². The minimum atomic E-state index is 0.414. The van der Waals surface area contributed by atoms with Crippen LogP contribution in [0.4, 0.5) is 0 Å². The van der Waals surface area contributed by atoms with Crippen molar-refractivity contribution < 1.29 is 4.74 Å². The Balaban J connectivity index is 1.69. The maximum atomic E-state index is 5.54. The van der Waals surface area contributed by atoms with E-state index >= 15 is 0 Å². The van der Waals surface area contributed by atoms with Crippen LogP contribution in [-0.2, 0) is 4.74 Å². The lowest BCUT2D eigenvalue weighted by Crippen LogP contribution is -2.52. The number of ether oxygens (including phenoxy) is 1. The molecule has 0 spiro atoms. The number of fused-ring (bicyclic) bond motifs is 1. The summed E-state index contributed by atoms with van der Waals surface area (Å²) in [4.78, 5) is 5.51. The fourth-order valence-electron chi connectivity index (χ4n) is 3.82. The van der Waals surface area contributed by atoms with Crippen molar-refractivity contribution in [1.82, 2.24) is 9.80 Å². The highest BCUT2D eigenvalue weighted by molar-refractivity contribution is 4.94. The smallest absolute Gasteiger partial charge is 0.0483 e. The van der Waals surface area contributed by atoms with E-state index in [-0.39, 0.29) is 0 Å². The summed E-state index contributed by atoms with van der Waals surface area (Å²) in [6.45, 7) is 9.65. The SMILES string of the molecule is CC1(N2CCCN3CCCC3C2)CCOCC1. The van der Waals surface area contributed by atoms with Crippen LogP contribution in [0, 0.1) is 0 Å². The molecule has 17 heavy (non-hydrogen) atoms. The fraction of sp³-hybridized carbons (Fsp3) is 1.00. The summed E-state index contributed by atoms with van der Waals surface area (Å²) in [6, 6.07) is 0.845. The van der Waals surface area contributed by atoms with Crippen molar-refractivity contribution in [2.24, 2.45) is 0 Å². The lowest BCUT2D eigenvalue weighted by molar-refractivity contribution is -0.0210. The molecule has 0 aromatic carbocycles. The van der Waals surface area contributed by atoms with E-state index in [0.717, 1.165) is 19.3 Å². The van der Waals surface area contributed by atoms with Crippen molar-refractivity contribution in [2.75, 3.05) is 39.4 Å². The zero-order valence-electron chi connectivity index (χ0n) is 11.2. The molecule has 3 aliphatic rings. The summed E-state index contributed by atoms with van der Waals surface area (Å²) in [6.07, 6.45) is 6.63. The molecule has 0 aromatic rings. The molecule has 3 heterocycles. The third-order valence-electron chi connectivity index (χ3n) is 5.14. The van der Waals surface area contributed by atoms with Crippen molar-refractivity contribution in [2.45, 2.75) is 50.6 Å². The first-order valence-electron chi connectivity index (χ1n) is 7.35. The van der Waals surface area contributed by atoms with Crippen LogP contribution < -0.4 is 0 Å². The Morgan fingerprint density at radius 1 is 1.06 bits per heavy atom. The van der Waals surface area contributed by atoms with Crippen LogP contribution in [0.15, 0.2) is 0 Å². The number of hydrogen-bond donors (Lipinski definition) is 0. The lowest BCUT2D eigenvalue weighted by Gasteiger charge is -2.44. The molecule has 0 aromatic heterocycles. The molecule has 1 unspecified atom stereocenters. The van der Waals surface area contributed by atoms with Crippen molar-refractivity contribution in [3.05, 3.63) is 0 Å². The van der Waals surface area contributed by atoms with Crippen molar-refractivity contribution in [1.29, 1.82) is 0 Å². The van der Waals surface area contributed by atoms with Gasteiger partial charge in [-0.05, 0) is 58.7 Å². The van der Waals surface area contributed by atoms with Crippen LogP contribution in [0.2, 0.25) is 0 Å². The van der Waals surface area contributed by atoms with Gasteiger partial charge in [0, 0.05) is 31.3 Å². The van der Waals surface area contributed by atoms with Gasteiger partial charge in [0.2, 0.25) is 0 Å². The standard InChI is InChI=1S/C14H26N2O/c1-14(5-10-17-11-6-14)16-9-3-8-15-7-2-4-13(15)12-16/h13H,2-12H2,1H3. The molecule has 0 radical (unpaired) electrons. The van der Waals surface area contributed by atoms with Crippen LogP contribution in [-0.4, -0.2) is 60.8 Å². The largest absolute Gasteiger partial charge is 0.381 e. The Morgan fingerprint density at radius 2 is 1.82 bits per heavy atom. The molecule has 0 N–H and O–H groups in total. The van der Waals surface area contributed by atoms with E-state index in [4.69, 9.17) is 4.74 Å². The molecule has 3 heteroatoms. The summed E-state index contributed by atoms with van der Waals surface area (Å²) in [5.74, 6) is 0. The Morgan fingerprint density at radius 3 is 2.65 bits per heavy atom. The van der Waals surface area contributed by atoms with Gasteiger partial charge in [0.15, 0.2) is 0 Å². The Bertz CT molecular complexity index is 263. The van der Waals surface area contributed by atoms with E-state index in [0.29, 0.717) is 5.54 Å². The molecule has 3 aliphatic heterocycles. The lowest BCUT2D eigenvalue weighted by atomic mass is 9.89. The van der Waals surface area contributed by atoms with E-state index < -0.39 is 0 Å². The molecule has 3 saturated heterocycles. The number of nitrogens with zero attached hydrogens (tertiary/aromatic N) is 2. The molecule has 3 fully saturated rings. The first kappa shape index (κ1) is 11.9. The zero-order valence-corrected chi connectivity index (χ0v) is 11.2. The summed E-state index contributed by atoms with van der Waals surface area (Å²) < 4.78 is 5.54. The van der Waals surface area contributed by atoms with Gasteiger partial charge in [-0.25, -0.2) is 0 Å². The first-order valence-corrected chi connectivity index (χ1v) is 7.35. The molecule has 0 saturated carbocycles. The van der Waals surface area contributed by atoms with E-state index in [2.05, 4.69) is 16.7 Å². The third kappa shape index (κ3) is 2.38. The van der Waals surface area contributed by atoms with Gasteiger partial charge in [-0.3, -0.25) is 9.80 Å². The average Bonchev–Trinajstić information content (AvgIpc) is 2.67. The van der Waals surface area contributed by atoms with Crippen molar-refractivity contribution in [3.8, 4) is 0 Å². The van der Waals surface area contributed by atoms with Gasteiger partial charge >= 0.3 is 0 Å².